The van der Waals surface area contributed by atoms with Gasteiger partial charge in [0, 0.05) is 56.4 Å². The summed E-state index contributed by atoms with van der Waals surface area (Å²) in [5.41, 5.74) is 3.94. The Balaban J connectivity index is 0. The monoisotopic (exact) mass is 423 g/mol. The van der Waals surface area contributed by atoms with Crippen LogP contribution in [0, 0.1) is 13.8 Å². The van der Waals surface area contributed by atoms with Crippen molar-refractivity contribution < 1.29 is 55.8 Å². The van der Waals surface area contributed by atoms with E-state index in [4.69, 9.17) is 4.98 Å². The van der Waals surface area contributed by atoms with Gasteiger partial charge in [-0.2, -0.15) is 0 Å². The number of aromatic nitrogens is 5. The minimum Gasteiger partial charge on any atom is -1.00 e. The quantitative estimate of drug-likeness (QED) is 0.411. The molecule has 0 unspecified atom stereocenters. The van der Waals surface area contributed by atoms with Gasteiger partial charge in [-0.15, -0.1) is 0 Å². The number of hydrogen-bond acceptors (Lipinski definition) is 3. The van der Waals surface area contributed by atoms with E-state index in [0.717, 1.165) is 34.4 Å². The molecule has 3 heterocycles. The summed E-state index contributed by atoms with van der Waals surface area (Å²) in [5, 5.41) is 0. The van der Waals surface area contributed by atoms with E-state index in [1.165, 1.54) is 0 Å². The van der Waals surface area contributed by atoms with Crippen molar-refractivity contribution in [3.8, 4) is 23.0 Å². The van der Waals surface area contributed by atoms with Crippen molar-refractivity contribution in [1.29, 1.82) is 0 Å². The molecule has 0 aliphatic carbocycles. The third-order valence-corrected chi connectivity index (χ3v) is 3.65. The number of halogens is 3. The standard InChI is InChI=1S/C15H17N5.3ClH.V/c1-10-8-16-14(19(10)3)12-6-5-7-13(18-12)15-17-9-11(2)20(15)4;;;;/h5-9H,1-4H3;3*1H;/p-3. The molecule has 131 valence electrons. The Hall–Kier alpha value is -0.976. The van der Waals surface area contributed by atoms with E-state index in [-0.39, 0.29) is 55.8 Å². The Morgan fingerprint density at radius 3 is 1.42 bits per heavy atom. The molecule has 3 rings (SSSR count). The molecule has 1 radical (unpaired) electrons. The molecule has 9 heteroatoms. The predicted molar refractivity (Wildman–Crippen MR) is 78.1 cm³/mol. The van der Waals surface area contributed by atoms with E-state index >= 15 is 0 Å². The number of imidazole rings is 2. The topological polar surface area (TPSA) is 48.5 Å². The van der Waals surface area contributed by atoms with Crippen LogP contribution in [0.2, 0.25) is 0 Å². The third-order valence-electron chi connectivity index (χ3n) is 3.65. The first-order valence-electron chi connectivity index (χ1n) is 6.52. The van der Waals surface area contributed by atoms with Gasteiger partial charge < -0.3 is 46.4 Å². The molecule has 0 saturated carbocycles. The average molecular weight is 425 g/mol. The van der Waals surface area contributed by atoms with Gasteiger partial charge in [-0.1, -0.05) is 6.07 Å². The number of rotatable bonds is 2. The Morgan fingerprint density at radius 1 is 0.750 bits per heavy atom. The summed E-state index contributed by atoms with van der Waals surface area (Å²) >= 11 is 0. The summed E-state index contributed by atoms with van der Waals surface area (Å²) in [6.45, 7) is 4.06. The van der Waals surface area contributed by atoms with Crippen LogP contribution in [0.4, 0.5) is 0 Å². The summed E-state index contributed by atoms with van der Waals surface area (Å²) in [6, 6.07) is 5.94. The van der Waals surface area contributed by atoms with Gasteiger partial charge in [0.2, 0.25) is 0 Å². The van der Waals surface area contributed by atoms with Gasteiger partial charge in [0.15, 0.2) is 11.6 Å². The fourth-order valence-corrected chi connectivity index (χ4v) is 2.15. The van der Waals surface area contributed by atoms with E-state index in [1.807, 2.05) is 67.7 Å². The van der Waals surface area contributed by atoms with Crippen LogP contribution in [-0.2, 0) is 32.7 Å². The maximum atomic E-state index is 4.69. The zero-order valence-electron chi connectivity index (χ0n) is 13.7. The molecule has 0 N–H and O–H groups in total. The molecule has 0 bridgehead atoms. The van der Waals surface area contributed by atoms with Crippen molar-refractivity contribution in [2.45, 2.75) is 13.8 Å². The van der Waals surface area contributed by atoms with E-state index in [1.54, 1.807) is 0 Å². The summed E-state index contributed by atoms with van der Waals surface area (Å²) in [7, 11) is 3.99. The molecule has 0 atom stereocenters. The Morgan fingerprint density at radius 2 is 1.12 bits per heavy atom. The van der Waals surface area contributed by atoms with Gasteiger partial charge in [-0.05, 0) is 26.0 Å². The maximum Gasteiger partial charge on any atom is 0.158 e. The van der Waals surface area contributed by atoms with E-state index in [0.29, 0.717) is 0 Å². The molecule has 24 heavy (non-hydrogen) atoms. The Kier molecular flexibility index (Phi) is 10.6. The first-order valence-corrected chi connectivity index (χ1v) is 6.52. The molecule has 0 aliphatic rings. The van der Waals surface area contributed by atoms with Crippen LogP contribution in [0.5, 0.6) is 0 Å². The van der Waals surface area contributed by atoms with Crippen molar-refractivity contribution in [2.75, 3.05) is 0 Å². The Bertz CT molecular complexity index is 724. The van der Waals surface area contributed by atoms with Crippen molar-refractivity contribution in [2.24, 2.45) is 14.1 Å². The van der Waals surface area contributed by atoms with E-state index in [9.17, 15) is 0 Å². The summed E-state index contributed by atoms with van der Waals surface area (Å²) < 4.78 is 4.07. The molecule has 3 aromatic heterocycles. The number of hydrogen-bond donors (Lipinski definition) is 0. The van der Waals surface area contributed by atoms with Crippen molar-refractivity contribution in [1.82, 2.24) is 24.1 Å². The summed E-state index contributed by atoms with van der Waals surface area (Å²) in [6.07, 6.45) is 3.71. The molecule has 0 aromatic carbocycles. The zero-order chi connectivity index (χ0) is 14.3. The average Bonchev–Trinajstić information content (AvgIpc) is 2.95. The fraction of sp³-hybridized carbons (Fsp3) is 0.267. The van der Waals surface area contributed by atoms with Crippen LogP contribution in [0.15, 0.2) is 30.6 Å². The van der Waals surface area contributed by atoms with Crippen molar-refractivity contribution in [3.05, 3.63) is 42.0 Å². The minimum atomic E-state index is 0. The van der Waals surface area contributed by atoms with Crippen LogP contribution in [0.3, 0.4) is 0 Å². The number of pyridine rings is 1. The second-order valence-corrected chi connectivity index (χ2v) is 4.97. The van der Waals surface area contributed by atoms with Gasteiger partial charge in [-0.25, -0.2) is 15.0 Å². The predicted octanol–water partition coefficient (Wildman–Crippen LogP) is -6.49. The molecule has 0 aliphatic heterocycles. The molecule has 0 saturated heterocycles. The van der Waals surface area contributed by atoms with Crippen LogP contribution >= 0.6 is 0 Å². The molecule has 3 aromatic rings. The van der Waals surface area contributed by atoms with Crippen LogP contribution < -0.4 is 37.2 Å². The van der Waals surface area contributed by atoms with E-state index < -0.39 is 0 Å². The maximum absolute atomic E-state index is 4.69. The van der Waals surface area contributed by atoms with Crippen molar-refractivity contribution in [3.63, 3.8) is 0 Å². The molecule has 0 fully saturated rings. The summed E-state index contributed by atoms with van der Waals surface area (Å²) in [4.78, 5) is 13.5. The van der Waals surface area contributed by atoms with Crippen LogP contribution in [-0.4, -0.2) is 24.1 Å². The van der Waals surface area contributed by atoms with Gasteiger partial charge in [0.05, 0.1) is 0 Å². The largest absolute Gasteiger partial charge is 1.00 e. The fourth-order valence-electron chi connectivity index (χ4n) is 2.15. The third kappa shape index (κ3) is 4.55. The molecular weight excluding hydrogens is 408 g/mol. The zero-order valence-corrected chi connectivity index (χ0v) is 17.4. The normalized spacial score (nSPS) is 9.17. The van der Waals surface area contributed by atoms with Gasteiger partial charge in [0.25, 0.3) is 0 Å². The summed E-state index contributed by atoms with van der Waals surface area (Å²) in [5.74, 6) is 1.74. The molecule has 0 amide bonds. The van der Waals surface area contributed by atoms with Crippen LogP contribution in [0.1, 0.15) is 11.4 Å². The smallest absolute Gasteiger partial charge is 0.158 e. The second-order valence-electron chi connectivity index (χ2n) is 4.97. The molecular formula is C15H17Cl3N5V-3. The van der Waals surface area contributed by atoms with Gasteiger partial charge in [-0.3, -0.25) is 0 Å². The van der Waals surface area contributed by atoms with Gasteiger partial charge >= 0.3 is 0 Å². The Labute approximate surface area is 172 Å². The van der Waals surface area contributed by atoms with E-state index in [2.05, 4.69) is 9.97 Å². The number of nitrogens with zero attached hydrogens (tertiary/aromatic N) is 5. The van der Waals surface area contributed by atoms with Crippen molar-refractivity contribution >= 4 is 0 Å². The molecule has 5 nitrogen and oxygen atoms in total. The first kappa shape index (κ1) is 25.3. The van der Waals surface area contributed by atoms with Crippen LogP contribution in [0.25, 0.3) is 23.0 Å². The molecule has 0 spiro atoms. The number of aryl methyl sites for hydroxylation is 2. The van der Waals surface area contributed by atoms with Gasteiger partial charge in [0.1, 0.15) is 11.4 Å². The SMILES string of the molecule is Cc1cnc(-c2cccc(-c3ncc(C)n3C)n2)n1C.[Cl-].[Cl-].[Cl-].[V]. The minimum absolute atomic E-state index is 0. The second kappa shape index (κ2) is 10.1. The first-order chi connectivity index (χ1) is 9.58.